The molecule has 1 saturated heterocycles. The van der Waals surface area contributed by atoms with Gasteiger partial charge in [-0.1, -0.05) is 12.1 Å². The third-order valence-corrected chi connectivity index (χ3v) is 5.82. The van der Waals surface area contributed by atoms with Crippen LogP contribution in [0, 0.1) is 0 Å². The fourth-order valence-corrected chi connectivity index (χ4v) is 4.61. The first-order chi connectivity index (χ1) is 15.0. The molecule has 4 heterocycles. The van der Waals surface area contributed by atoms with Gasteiger partial charge in [0.25, 0.3) is 5.91 Å². The minimum Gasteiger partial charge on any atom is -0.387 e. The van der Waals surface area contributed by atoms with Crippen molar-refractivity contribution in [2.75, 3.05) is 37.4 Å². The average Bonchev–Trinajstić information content (AvgIpc) is 3.16. The number of fused-ring (bicyclic) bond motifs is 5. The highest BCUT2D eigenvalue weighted by molar-refractivity contribution is 6.13. The lowest BCUT2D eigenvalue weighted by molar-refractivity contribution is 0.0965. The summed E-state index contributed by atoms with van der Waals surface area (Å²) in [4.78, 5) is 29.5. The normalized spacial score (nSPS) is 19.3. The van der Waals surface area contributed by atoms with Crippen LogP contribution < -0.4 is 20.9 Å². The Morgan fingerprint density at radius 3 is 2.55 bits per heavy atom. The summed E-state index contributed by atoms with van der Waals surface area (Å²) in [5, 5.41) is 10.2. The van der Waals surface area contributed by atoms with Crippen LogP contribution in [0.25, 0.3) is 27.7 Å². The molecule has 0 spiro atoms. The van der Waals surface area contributed by atoms with Gasteiger partial charge in [-0.05, 0) is 26.0 Å². The predicted octanol–water partition coefficient (Wildman–Crippen LogP) is 2.02. The molecule has 3 aromatic heterocycles. The largest absolute Gasteiger partial charge is 0.387 e. The lowest BCUT2D eigenvalue weighted by Gasteiger charge is -2.36. The summed E-state index contributed by atoms with van der Waals surface area (Å²) in [7, 11) is 3.42. The van der Waals surface area contributed by atoms with E-state index in [1.54, 1.807) is 14.1 Å². The van der Waals surface area contributed by atoms with Gasteiger partial charge in [0.05, 0.1) is 22.1 Å². The minimum absolute atomic E-state index is 0.208. The van der Waals surface area contributed by atoms with Crippen molar-refractivity contribution < 1.29 is 4.79 Å². The van der Waals surface area contributed by atoms with Crippen molar-refractivity contribution >= 4 is 45.3 Å². The molecule has 5 rings (SSSR count). The topological polar surface area (TPSA) is 99.5 Å². The number of hydrogen-bond donors (Lipinski definition) is 3. The van der Waals surface area contributed by atoms with Gasteiger partial charge in [0.15, 0.2) is 11.3 Å². The van der Waals surface area contributed by atoms with E-state index >= 15 is 0 Å². The van der Waals surface area contributed by atoms with E-state index in [9.17, 15) is 4.79 Å². The smallest absolute Gasteiger partial charge is 0.256 e. The molecule has 4 aromatic rings. The van der Waals surface area contributed by atoms with Crippen molar-refractivity contribution in [1.29, 1.82) is 0 Å². The number of hydrogen-bond acceptors (Lipinski definition) is 7. The number of amides is 1. The van der Waals surface area contributed by atoms with Crippen LogP contribution in [-0.2, 0) is 0 Å². The first-order valence-corrected chi connectivity index (χ1v) is 10.5. The number of para-hydroxylation sites is 2. The van der Waals surface area contributed by atoms with Crippen LogP contribution in [0.1, 0.15) is 24.2 Å². The molecule has 1 aliphatic heterocycles. The fraction of sp³-hybridized carbons (Fsp3) is 0.364. The standard InChI is InChI=1S/C22H26N8O/c1-12-10-29(11-13(2)26-12)22-25-9-14-18(23-3)17(21(31)24-4)20-27-15-7-5-6-8-16(15)30(20)19(14)28-22/h5-9,12-13,23,26H,10-11H2,1-4H3,(H,24,31)/t12-,13+. The Bertz CT molecular complexity index is 1300. The van der Waals surface area contributed by atoms with Gasteiger partial charge in [-0.2, -0.15) is 4.98 Å². The molecule has 1 aliphatic rings. The van der Waals surface area contributed by atoms with Gasteiger partial charge in [0.2, 0.25) is 5.95 Å². The Morgan fingerprint density at radius 1 is 1.10 bits per heavy atom. The second-order valence-corrected chi connectivity index (χ2v) is 8.12. The molecule has 0 aliphatic carbocycles. The van der Waals surface area contributed by atoms with E-state index in [1.165, 1.54) is 0 Å². The number of anilines is 2. The quantitative estimate of drug-likeness (QED) is 0.468. The van der Waals surface area contributed by atoms with Crippen LogP contribution >= 0.6 is 0 Å². The first-order valence-electron chi connectivity index (χ1n) is 10.5. The van der Waals surface area contributed by atoms with E-state index in [-0.39, 0.29) is 5.91 Å². The van der Waals surface area contributed by atoms with E-state index in [0.717, 1.165) is 35.2 Å². The number of aromatic nitrogens is 4. The highest BCUT2D eigenvalue weighted by Gasteiger charge is 2.26. The van der Waals surface area contributed by atoms with Gasteiger partial charge >= 0.3 is 0 Å². The molecule has 0 saturated carbocycles. The van der Waals surface area contributed by atoms with Crippen LogP contribution in [0.2, 0.25) is 0 Å². The van der Waals surface area contributed by atoms with Crippen LogP contribution in [0.3, 0.4) is 0 Å². The summed E-state index contributed by atoms with van der Waals surface area (Å²) in [5.41, 5.74) is 4.17. The van der Waals surface area contributed by atoms with E-state index in [1.807, 2.05) is 34.9 Å². The Balaban J connectivity index is 1.85. The summed E-state index contributed by atoms with van der Waals surface area (Å²) >= 11 is 0. The number of nitrogens with one attached hydrogen (secondary N) is 3. The van der Waals surface area contributed by atoms with Gasteiger partial charge < -0.3 is 20.9 Å². The van der Waals surface area contributed by atoms with Gasteiger partial charge in [0.1, 0.15) is 5.56 Å². The van der Waals surface area contributed by atoms with Crippen LogP contribution in [-0.4, -0.2) is 64.5 Å². The summed E-state index contributed by atoms with van der Waals surface area (Å²) in [6.45, 7) is 6.00. The zero-order valence-electron chi connectivity index (χ0n) is 18.1. The molecular weight excluding hydrogens is 392 g/mol. The van der Waals surface area contributed by atoms with Crippen molar-refractivity contribution in [2.24, 2.45) is 0 Å². The maximum atomic E-state index is 12.9. The summed E-state index contributed by atoms with van der Waals surface area (Å²) in [6, 6.07) is 8.55. The van der Waals surface area contributed by atoms with E-state index < -0.39 is 0 Å². The Labute approximate surface area is 179 Å². The van der Waals surface area contributed by atoms with Crippen LogP contribution in [0.4, 0.5) is 11.6 Å². The second-order valence-electron chi connectivity index (χ2n) is 8.12. The average molecular weight is 419 g/mol. The number of piperazine rings is 1. The highest BCUT2D eigenvalue weighted by atomic mass is 16.1. The lowest BCUT2D eigenvalue weighted by atomic mass is 10.1. The van der Waals surface area contributed by atoms with Crippen LogP contribution in [0.15, 0.2) is 30.5 Å². The number of nitrogens with zero attached hydrogens (tertiary/aromatic N) is 5. The number of pyridine rings is 1. The lowest BCUT2D eigenvalue weighted by Crippen LogP contribution is -2.54. The van der Waals surface area contributed by atoms with Crippen molar-refractivity contribution in [3.63, 3.8) is 0 Å². The maximum absolute atomic E-state index is 12.9. The van der Waals surface area contributed by atoms with E-state index in [0.29, 0.717) is 34.9 Å². The monoisotopic (exact) mass is 418 g/mol. The number of benzene rings is 1. The van der Waals surface area contributed by atoms with Crippen molar-refractivity contribution in [2.45, 2.75) is 25.9 Å². The highest BCUT2D eigenvalue weighted by Crippen LogP contribution is 2.33. The van der Waals surface area contributed by atoms with Crippen molar-refractivity contribution in [3.8, 4) is 0 Å². The molecule has 2 atom stereocenters. The number of carbonyl (C=O) groups excluding carboxylic acids is 1. The number of imidazole rings is 1. The maximum Gasteiger partial charge on any atom is 0.256 e. The molecule has 3 N–H and O–H groups in total. The van der Waals surface area contributed by atoms with Gasteiger partial charge in [0, 0.05) is 45.5 Å². The molecule has 1 amide bonds. The third kappa shape index (κ3) is 3.04. The summed E-state index contributed by atoms with van der Waals surface area (Å²) in [6.07, 6.45) is 1.81. The Morgan fingerprint density at radius 2 is 1.84 bits per heavy atom. The predicted molar refractivity (Wildman–Crippen MR) is 123 cm³/mol. The van der Waals surface area contributed by atoms with E-state index in [4.69, 9.17) is 9.97 Å². The molecule has 31 heavy (non-hydrogen) atoms. The number of rotatable bonds is 3. The zero-order chi connectivity index (χ0) is 21.7. The molecule has 160 valence electrons. The molecule has 1 aromatic carbocycles. The van der Waals surface area contributed by atoms with Gasteiger partial charge in [-0.15, -0.1) is 0 Å². The Kier molecular flexibility index (Phi) is 4.62. The minimum atomic E-state index is -0.208. The number of carbonyl (C=O) groups is 1. The SMILES string of the molecule is CNC(=O)c1c(NC)c2cnc(N3C[C@@H](C)N[C@@H](C)C3)nc2n2c1nc1ccccc12. The zero-order valence-corrected chi connectivity index (χ0v) is 18.1. The van der Waals surface area contributed by atoms with Crippen molar-refractivity contribution in [3.05, 3.63) is 36.0 Å². The molecule has 1 fully saturated rings. The molecular formula is C22H26N8O. The van der Waals surface area contributed by atoms with Crippen molar-refractivity contribution in [1.82, 2.24) is 30.0 Å². The Hall–Kier alpha value is -3.46. The van der Waals surface area contributed by atoms with Crippen LogP contribution in [0.5, 0.6) is 0 Å². The summed E-state index contributed by atoms with van der Waals surface area (Å²) < 4.78 is 1.97. The fourth-order valence-electron chi connectivity index (χ4n) is 4.61. The van der Waals surface area contributed by atoms with Gasteiger partial charge in [-0.25, -0.2) is 9.97 Å². The van der Waals surface area contributed by atoms with Gasteiger partial charge in [-0.3, -0.25) is 9.20 Å². The molecule has 0 unspecified atom stereocenters. The summed E-state index contributed by atoms with van der Waals surface area (Å²) in [5.74, 6) is 0.474. The second kappa shape index (κ2) is 7.35. The first kappa shape index (κ1) is 19.5. The third-order valence-electron chi connectivity index (χ3n) is 5.82. The molecule has 0 radical (unpaired) electrons. The van der Waals surface area contributed by atoms with E-state index in [2.05, 4.69) is 39.7 Å². The molecule has 9 nitrogen and oxygen atoms in total. The molecule has 0 bridgehead atoms. The molecule has 9 heteroatoms.